The van der Waals surface area contributed by atoms with Crippen LogP contribution in [0.5, 0.6) is 5.88 Å². The highest BCUT2D eigenvalue weighted by Gasteiger charge is 2.25. The van der Waals surface area contributed by atoms with Crippen LogP contribution in [0.25, 0.3) is 0 Å². The van der Waals surface area contributed by atoms with E-state index in [2.05, 4.69) is 9.72 Å². The number of aryl methyl sites for hydroxylation is 1. The van der Waals surface area contributed by atoms with E-state index in [0.717, 1.165) is 6.07 Å². The Labute approximate surface area is 91.3 Å². The minimum absolute atomic E-state index is 0.0778. The summed E-state index contributed by atoms with van der Waals surface area (Å²) in [5.41, 5.74) is -0.818. The molecule has 16 heavy (non-hydrogen) atoms. The highest BCUT2D eigenvalue weighted by Crippen LogP contribution is 2.30. The molecule has 0 amide bonds. The van der Waals surface area contributed by atoms with Gasteiger partial charge >= 0.3 is 0 Å². The van der Waals surface area contributed by atoms with Crippen molar-refractivity contribution in [1.29, 1.82) is 0 Å². The topological polar surface area (TPSA) is 82.3 Å². The molecule has 90 valence electrons. The Hall–Kier alpha value is -1.28. The van der Waals surface area contributed by atoms with Gasteiger partial charge in [0.1, 0.15) is 0 Å². The van der Waals surface area contributed by atoms with Gasteiger partial charge in [-0.3, -0.25) is 0 Å². The second-order valence-corrected chi connectivity index (χ2v) is 4.54. The Balaban J connectivity index is 3.60. The van der Waals surface area contributed by atoms with Crippen molar-refractivity contribution >= 4 is 10.0 Å². The number of rotatable bonds is 3. The molecule has 0 aliphatic heterocycles. The number of hydrogen-bond donors (Lipinski definition) is 1. The van der Waals surface area contributed by atoms with Gasteiger partial charge in [0, 0.05) is 6.07 Å². The lowest BCUT2D eigenvalue weighted by atomic mass is 10.2. The summed E-state index contributed by atoms with van der Waals surface area (Å²) in [5.74, 6) is -0.0778. The Bertz CT molecular complexity index is 502. The molecule has 0 saturated heterocycles. The average molecular weight is 252 g/mol. The fourth-order valence-corrected chi connectivity index (χ4v) is 2.04. The summed E-state index contributed by atoms with van der Waals surface area (Å²) in [6.45, 7) is 1.26. The number of primary sulfonamides is 1. The van der Waals surface area contributed by atoms with Crippen molar-refractivity contribution in [3.63, 3.8) is 0 Å². The summed E-state index contributed by atoms with van der Waals surface area (Å²) < 4.78 is 52.3. The van der Waals surface area contributed by atoms with Crippen molar-refractivity contribution in [2.75, 3.05) is 7.11 Å². The minimum Gasteiger partial charge on any atom is -0.481 e. The van der Waals surface area contributed by atoms with Crippen LogP contribution < -0.4 is 9.88 Å². The largest absolute Gasteiger partial charge is 0.481 e. The first-order chi connectivity index (χ1) is 7.27. The molecule has 8 heteroatoms. The molecule has 0 unspecified atom stereocenters. The predicted octanol–water partition coefficient (Wildman–Crippen LogP) is 0.984. The summed E-state index contributed by atoms with van der Waals surface area (Å²) >= 11 is 0. The van der Waals surface area contributed by atoms with E-state index in [1.165, 1.54) is 14.0 Å². The van der Waals surface area contributed by atoms with Gasteiger partial charge in [0.15, 0.2) is 0 Å². The van der Waals surface area contributed by atoms with Crippen LogP contribution in [0.4, 0.5) is 8.78 Å². The first kappa shape index (κ1) is 12.8. The van der Waals surface area contributed by atoms with Crippen LogP contribution in [-0.4, -0.2) is 20.5 Å². The fraction of sp³-hybridized carbons (Fsp3) is 0.375. The molecule has 2 N–H and O–H groups in total. The van der Waals surface area contributed by atoms with Crippen molar-refractivity contribution in [3.05, 3.63) is 17.3 Å². The fourth-order valence-electron chi connectivity index (χ4n) is 1.23. The molecular formula is C8H10F2N2O3S. The number of halogens is 2. The molecule has 5 nitrogen and oxygen atoms in total. The van der Waals surface area contributed by atoms with Crippen molar-refractivity contribution in [2.45, 2.75) is 18.2 Å². The van der Waals surface area contributed by atoms with Gasteiger partial charge in [-0.1, -0.05) is 0 Å². The van der Waals surface area contributed by atoms with Gasteiger partial charge in [0.25, 0.3) is 6.43 Å². The van der Waals surface area contributed by atoms with Crippen LogP contribution in [0.2, 0.25) is 0 Å². The molecule has 0 fully saturated rings. The number of nitrogens with two attached hydrogens (primary N) is 1. The molecule has 0 radical (unpaired) electrons. The third kappa shape index (κ3) is 2.45. The number of nitrogens with zero attached hydrogens (tertiary/aromatic N) is 1. The van der Waals surface area contributed by atoms with E-state index in [1.807, 2.05) is 0 Å². The first-order valence-electron chi connectivity index (χ1n) is 4.14. The second-order valence-electron chi connectivity index (χ2n) is 3.01. The van der Waals surface area contributed by atoms with Gasteiger partial charge in [-0.15, -0.1) is 0 Å². The van der Waals surface area contributed by atoms with E-state index >= 15 is 0 Å². The number of pyridine rings is 1. The van der Waals surface area contributed by atoms with E-state index < -0.39 is 26.9 Å². The summed E-state index contributed by atoms with van der Waals surface area (Å²) in [6, 6.07) is 0.879. The van der Waals surface area contributed by atoms with E-state index in [9.17, 15) is 17.2 Å². The van der Waals surface area contributed by atoms with E-state index in [-0.39, 0.29) is 11.6 Å². The molecule has 0 aromatic carbocycles. The normalized spacial score (nSPS) is 11.9. The number of hydrogen-bond acceptors (Lipinski definition) is 4. The number of ether oxygens (including phenoxy) is 1. The molecule has 1 heterocycles. The smallest absolute Gasteiger partial charge is 0.266 e. The number of aromatic nitrogens is 1. The molecule has 0 aliphatic rings. The maximum atomic E-state index is 12.7. The summed E-state index contributed by atoms with van der Waals surface area (Å²) in [5, 5.41) is 4.84. The van der Waals surface area contributed by atoms with Crippen LogP contribution >= 0.6 is 0 Å². The van der Waals surface area contributed by atoms with E-state index in [4.69, 9.17) is 5.14 Å². The molecule has 1 aromatic rings. The molecule has 0 bridgehead atoms. The number of sulfonamides is 1. The number of alkyl halides is 2. The molecule has 1 rings (SSSR count). The third-order valence-corrected chi connectivity index (χ3v) is 2.87. The van der Waals surface area contributed by atoms with Gasteiger partial charge in [-0.25, -0.2) is 27.3 Å². The number of methoxy groups -OCH3 is 1. The Morgan fingerprint density at radius 3 is 2.44 bits per heavy atom. The highest BCUT2D eigenvalue weighted by molar-refractivity contribution is 7.89. The zero-order chi connectivity index (χ0) is 12.5. The Kier molecular flexibility index (Phi) is 3.44. The van der Waals surface area contributed by atoms with Crippen molar-refractivity contribution in [1.82, 2.24) is 4.98 Å². The zero-order valence-corrected chi connectivity index (χ0v) is 9.38. The van der Waals surface area contributed by atoms with E-state index in [1.54, 1.807) is 0 Å². The SMILES string of the molecule is COc1cc(S(N)(=O)=O)c(C(F)F)c(C)n1. The third-order valence-electron chi connectivity index (χ3n) is 1.92. The Morgan fingerprint density at radius 1 is 1.50 bits per heavy atom. The maximum absolute atomic E-state index is 12.7. The highest BCUT2D eigenvalue weighted by atomic mass is 32.2. The average Bonchev–Trinajstić information content (AvgIpc) is 2.14. The van der Waals surface area contributed by atoms with Gasteiger partial charge in [0.05, 0.1) is 23.3 Å². The van der Waals surface area contributed by atoms with E-state index in [0.29, 0.717) is 0 Å². The molecule has 1 aromatic heterocycles. The predicted molar refractivity (Wildman–Crippen MR) is 51.9 cm³/mol. The quantitative estimate of drug-likeness (QED) is 0.869. The summed E-state index contributed by atoms with van der Waals surface area (Å²) in [7, 11) is -2.99. The van der Waals surface area contributed by atoms with Crippen LogP contribution in [0.1, 0.15) is 17.7 Å². The Morgan fingerprint density at radius 2 is 2.06 bits per heavy atom. The summed E-state index contributed by atoms with van der Waals surface area (Å²) in [4.78, 5) is 3.00. The van der Waals surface area contributed by atoms with Crippen LogP contribution in [-0.2, 0) is 10.0 Å². The lowest BCUT2D eigenvalue weighted by Crippen LogP contribution is -2.16. The molecule has 0 spiro atoms. The zero-order valence-electron chi connectivity index (χ0n) is 8.57. The van der Waals surface area contributed by atoms with Gasteiger partial charge in [-0.2, -0.15) is 0 Å². The molecule has 0 saturated carbocycles. The molecule has 0 atom stereocenters. The van der Waals surface area contributed by atoms with Crippen molar-refractivity contribution < 1.29 is 21.9 Å². The lowest BCUT2D eigenvalue weighted by molar-refractivity contribution is 0.146. The van der Waals surface area contributed by atoms with Crippen LogP contribution in [0.3, 0.4) is 0 Å². The lowest BCUT2D eigenvalue weighted by Gasteiger charge is -2.11. The van der Waals surface area contributed by atoms with Crippen LogP contribution in [0.15, 0.2) is 11.0 Å². The van der Waals surface area contributed by atoms with Crippen LogP contribution in [0, 0.1) is 6.92 Å². The van der Waals surface area contributed by atoms with Crippen molar-refractivity contribution in [3.8, 4) is 5.88 Å². The summed E-state index contributed by atoms with van der Waals surface area (Å²) in [6.07, 6.45) is -2.97. The maximum Gasteiger partial charge on any atom is 0.266 e. The standard InChI is InChI=1S/C8H10F2N2O3S/c1-4-7(8(9)10)5(16(11,13)14)3-6(12-4)15-2/h3,8H,1-2H3,(H2,11,13,14). The monoisotopic (exact) mass is 252 g/mol. The molecular weight excluding hydrogens is 242 g/mol. The van der Waals surface area contributed by atoms with Gasteiger partial charge in [-0.05, 0) is 6.92 Å². The van der Waals surface area contributed by atoms with Gasteiger partial charge < -0.3 is 4.74 Å². The first-order valence-corrected chi connectivity index (χ1v) is 5.68. The molecule has 0 aliphatic carbocycles. The van der Waals surface area contributed by atoms with Gasteiger partial charge in [0.2, 0.25) is 15.9 Å². The minimum atomic E-state index is -4.23. The second kappa shape index (κ2) is 4.30. The van der Waals surface area contributed by atoms with Crippen molar-refractivity contribution in [2.24, 2.45) is 5.14 Å².